The van der Waals surface area contributed by atoms with Crippen LogP contribution in [0, 0.1) is 11.8 Å². The first-order valence-corrected chi connectivity index (χ1v) is 9.13. The quantitative estimate of drug-likeness (QED) is 0.740. The van der Waals surface area contributed by atoms with E-state index in [9.17, 15) is 18.0 Å². The summed E-state index contributed by atoms with van der Waals surface area (Å²) in [7, 11) is 0. The van der Waals surface area contributed by atoms with Crippen molar-refractivity contribution in [3.8, 4) is 0 Å². The van der Waals surface area contributed by atoms with Gasteiger partial charge in [0.1, 0.15) is 5.67 Å². The minimum Gasteiger partial charge on any atom is -0.351 e. The van der Waals surface area contributed by atoms with Gasteiger partial charge < -0.3 is 5.32 Å². The maximum Gasteiger partial charge on any atom is 0.254 e. The first kappa shape index (κ1) is 19.7. The number of carbonyl (C=O) groups excluding carboxylic acids is 1. The Morgan fingerprint density at radius 3 is 2.52 bits per heavy atom. The number of amides is 1. The summed E-state index contributed by atoms with van der Waals surface area (Å²) in [5.74, 6) is -1.99. The molecule has 3 rings (SSSR count). The van der Waals surface area contributed by atoms with Crippen molar-refractivity contribution in [1.29, 1.82) is 0 Å². The first-order valence-electron chi connectivity index (χ1n) is 8.76. The van der Waals surface area contributed by atoms with E-state index in [1.165, 1.54) is 30.5 Å². The van der Waals surface area contributed by atoms with Crippen LogP contribution in [0.25, 0.3) is 0 Å². The van der Waals surface area contributed by atoms with E-state index in [0.717, 1.165) is 5.56 Å². The molecule has 1 N–H and O–H groups in total. The molecular weight excluding hydrogens is 377 g/mol. The fraction of sp³-hybridized carbons (Fsp3) is 0.400. The van der Waals surface area contributed by atoms with Crippen LogP contribution in [0.5, 0.6) is 0 Å². The van der Waals surface area contributed by atoms with Gasteiger partial charge in [0.05, 0.1) is 10.6 Å². The van der Waals surface area contributed by atoms with Crippen molar-refractivity contribution in [2.75, 3.05) is 6.54 Å². The van der Waals surface area contributed by atoms with Crippen LogP contribution in [0.2, 0.25) is 5.02 Å². The number of halogens is 4. The van der Waals surface area contributed by atoms with Crippen LogP contribution in [0.1, 0.15) is 48.5 Å². The number of aromatic nitrogens is 1. The summed E-state index contributed by atoms with van der Waals surface area (Å²) in [6.45, 7) is 1.72. The number of alkyl halides is 1. The summed E-state index contributed by atoms with van der Waals surface area (Å²) in [4.78, 5) is 16.2. The first-order chi connectivity index (χ1) is 12.7. The number of carbonyl (C=O) groups is 1. The molecule has 27 heavy (non-hydrogen) atoms. The minimum absolute atomic E-state index is 0.133. The number of pyridine rings is 1. The molecule has 0 saturated heterocycles. The molecule has 7 heteroatoms. The lowest BCUT2D eigenvalue weighted by Gasteiger charge is -2.42. The highest BCUT2D eigenvalue weighted by Gasteiger charge is 2.42. The molecule has 0 bridgehead atoms. The van der Waals surface area contributed by atoms with Crippen LogP contribution in [0.3, 0.4) is 0 Å². The van der Waals surface area contributed by atoms with Gasteiger partial charge in [0.15, 0.2) is 5.82 Å². The monoisotopic (exact) mass is 396 g/mol. The third kappa shape index (κ3) is 4.26. The van der Waals surface area contributed by atoms with Crippen LogP contribution in [-0.2, 0) is 5.41 Å². The second kappa shape index (κ2) is 7.50. The highest BCUT2D eigenvalue weighted by atomic mass is 35.5. The highest BCUT2D eigenvalue weighted by Crippen LogP contribution is 2.44. The molecule has 0 radical (unpaired) electrons. The van der Waals surface area contributed by atoms with Crippen molar-refractivity contribution < 1.29 is 18.0 Å². The Hall–Kier alpha value is -2.08. The van der Waals surface area contributed by atoms with E-state index >= 15 is 0 Å². The third-order valence-electron chi connectivity index (χ3n) is 5.37. The van der Waals surface area contributed by atoms with E-state index in [0.29, 0.717) is 25.7 Å². The Morgan fingerprint density at radius 2 is 1.89 bits per heavy atom. The molecule has 1 aromatic carbocycles. The van der Waals surface area contributed by atoms with Crippen molar-refractivity contribution in [2.24, 2.45) is 0 Å². The lowest BCUT2D eigenvalue weighted by atomic mass is 9.66. The molecule has 1 heterocycles. The van der Waals surface area contributed by atoms with Gasteiger partial charge in [-0.1, -0.05) is 23.7 Å². The molecule has 1 saturated carbocycles. The minimum atomic E-state index is -1.28. The second-order valence-electron chi connectivity index (χ2n) is 7.35. The zero-order valence-electron chi connectivity index (χ0n) is 14.9. The van der Waals surface area contributed by atoms with Crippen molar-refractivity contribution in [3.63, 3.8) is 0 Å². The van der Waals surface area contributed by atoms with Gasteiger partial charge in [-0.25, -0.2) is 13.8 Å². The van der Waals surface area contributed by atoms with Gasteiger partial charge in [-0.3, -0.25) is 4.79 Å². The predicted molar refractivity (Wildman–Crippen MR) is 97.6 cm³/mol. The summed E-state index contributed by atoms with van der Waals surface area (Å²) < 4.78 is 41.6. The molecule has 0 aliphatic heterocycles. The zero-order valence-corrected chi connectivity index (χ0v) is 15.6. The van der Waals surface area contributed by atoms with E-state index in [2.05, 4.69) is 10.3 Å². The Morgan fingerprint density at radius 1 is 1.19 bits per heavy atom. The van der Waals surface area contributed by atoms with Crippen molar-refractivity contribution in [3.05, 3.63) is 64.4 Å². The Balaban J connectivity index is 1.83. The second-order valence-corrected chi connectivity index (χ2v) is 7.75. The van der Waals surface area contributed by atoms with Gasteiger partial charge in [0, 0.05) is 18.2 Å². The lowest BCUT2D eigenvalue weighted by molar-refractivity contribution is 0.0803. The Labute approximate surface area is 160 Å². The van der Waals surface area contributed by atoms with Gasteiger partial charge in [0.2, 0.25) is 5.95 Å². The van der Waals surface area contributed by atoms with Crippen molar-refractivity contribution >= 4 is 17.5 Å². The summed E-state index contributed by atoms with van der Waals surface area (Å²) in [5, 5.41) is 2.60. The summed E-state index contributed by atoms with van der Waals surface area (Å²) in [5.41, 5.74) is -1.29. The number of hydrogen-bond acceptors (Lipinski definition) is 2. The van der Waals surface area contributed by atoms with Crippen molar-refractivity contribution in [1.82, 2.24) is 10.3 Å². The van der Waals surface area contributed by atoms with Crippen LogP contribution >= 0.6 is 11.6 Å². The summed E-state index contributed by atoms with van der Waals surface area (Å²) >= 11 is 5.74. The number of nitrogens with zero attached hydrogens (tertiary/aromatic N) is 1. The number of nitrogens with one attached hydrogen (secondary N) is 1. The summed E-state index contributed by atoms with van der Waals surface area (Å²) in [6, 6.07) is 7.06. The maximum absolute atomic E-state index is 14.3. The van der Waals surface area contributed by atoms with Gasteiger partial charge >= 0.3 is 0 Å². The fourth-order valence-corrected chi connectivity index (χ4v) is 3.71. The van der Waals surface area contributed by atoms with Gasteiger partial charge in [0.25, 0.3) is 5.91 Å². The molecule has 1 fully saturated rings. The normalized spacial score (nSPS) is 25.2. The Kier molecular flexibility index (Phi) is 5.47. The average Bonchev–Trinajstić information content (AvgIpc) is 2.64. The SMILES string of the molecule is CC1(F)CCC(CNC(=O)c2cccc(Cl)c2F)(c2ccc(F)nc2)CC1. The zero-order chi connectivity index (χ0) is 19.7. The molecule has 0 unspecified atom stereocenters. The smallest absolute Gasteiger partial charge is 0.254 e. The molecule has 2 aromatic rings. The lowest BCUT2D eigenvalue weighted by Crippen LogP contribution is -2.46. The van der Waals surface area contributed by atoms with E-state index in [1.807, 2.05) is 0 Å². The van der Waals surface area contributed by atoms with Crippen LogP contribution in [0.4, 0.5) is 13.2 Å². The van der Waals surface area contributed by atoms with Crippen LogP contribution in [-0.4, -0.2) is 23.1 Å². The molecule has 0 atom stereocenters. The number of rotatable bonds is 4. The molecule has 1 amide bonds. The van der Waals surface area contributed by atoms with Crippen LogP contribution < -0.4 is 5.32 Å². The molecule has 3 nitrogen and oxygen atoms in total. The maximum atomic E-state index is 14.3. The van der Waals surface area contributed by atoms with E-state index in [-0.39, 0.29) is 17.1 Å². The largest absolute Gasteiger partial charge is 0.351 e. The highest BCUT2D eigenvalue weighted by molar-refractivity contribution is 6.31. The topological polar surface area (TPSA) is 42.0 Å². The van der Waals surface area contributed by atoms with Crippen LogP contribution in [0.15, 0.2) is 36.5 Å². The molecule has 1 aliphatic carbocycles. The molecule has 1 aliphatic rings. The standard InChI is InChI=1S/C20H20ClF3N2O/c1-19(24)7-9-20(10-8-19,13-5-6-16(22)25-11-13)12-26-18(27)14-3-2-4-15(21)17(14)23/h2-6,11H,7-10,12H2,1H3,(H,26,27). The van der Waals surface area contributed by atoms with E-state index < -0.39 is 28.8 Å². The molecule has 1 aromatic heterocycles. The van der Waals surface area contributed by atoms with Gasteiger partial charge in [-0.05, 0) is 56.4 Å². The number of hydrogen-bond donors (Lipinski definition) is 1. The predicted octanol–water partition coefficient (Wildman–Crippen LogP) is 4.98. The van der Waals surface area contributed by atoms with E-state index in [1.54, 1.807) is 13.0 Å². The molecular formula is C20H20ClF3N2O. The molecule has 0 spiro atoms. The van der Waals surface area contributed by atoms with Crippen molar-refractivity contribution in [2.45, 2.75) is 43.7 Å². The summed E-state index contributed by atoms with van der Waals surface area (Å²) in [6.07, 6.45) is 2.97. The number of benzene rings is 1. The Bertz CT molecular complexity index is 830. The van der Waals surface area contributed by atoms with E-state index in [4.69, 9.17) is 11.6 Å². The third-order valence-corrected chi connectivity index (χ3v) is 5.66. The fourth-order valence-electron chi connectivity index (χ4n) is 3.53. The molecule has 144 valence electrons. The van der Waals surface area contributed by atoms with Gasteiger partial charge in [-0.15, -0.1) is 0 Å². The average molecular weight is 397 g/mol. The van der Waals surface area contributed by atoms with Gasteiger partial charge in [-0.2, -0.15) is 4.39 Å².